The summed E-state index contributed by atoms with van der Waals surface area (Å²) < 4.78 is 5.58. The Balaban J connectivity index is 1.77. The van der Waals surface area contributed by atoms with E-state index in [2.05, 4.69) is 56.4 Å². The Morgan fingerprint density at radius 1 is 1.21 bits per heavy atom. The molecule has 1 fully saturated rings. The van der Waals surface area contributed by atoms with Crippen LogP contribution in [0.4, 0.5) is 0 Å². The van der Waals surface area contributed by atoms with Crippen molar-refractivity contribution in [2.45, 2.75) is 51.6 Å². The molecule has 0 bridgehead atoms. The smallest absolute Gasteiger partial charge is 0.0622 e. The maximum Gasteiger partial charge on any atom is 0.0622 e. The molecule has 1 aliphatic carbocycles. The van der Waals surface area contributed by atoms with Gasteiger partial charge in [0.15, 0.2) is 0 Å². The molecule has 2 nitrogen and oxygen atoms in total. The van der Waals surface area contributed by atoms with Gasteiger partial charge in [-0.15, -0.1) is 0 Å². The quantitative estimate of drug-likeness (QED) is 0.810. The minimum Gasteiger partial charge on any atom is -0.380 e. The van der Waals surface area contributed by atoms with Crippen LogP contribution in [0.25, 0.3) is 0 Å². The summed E-state index contributed by atoms with van der Waals surface area (Å²) in [6.07, 6.45) is 2.53. The number of ether oxygens (including phenoxy) is 1. The van der Waals surface area contributed by atoms with Crippen LogP contribution < -0.4 is 5.32 Å². The number of hydrogen-bond acceptors (Lipinski definition) is 2. The van der Waals surface area contributed by atoms with Crippen molar-refractivity contribution in [3.8, 4) is 0 Å². The van der Waals surface area contributed by atoms with Crippen LogP contribution in [0.5, 0.6) is 0 Å². The normalized spacial score (nSPS) is 24.2. The molecule has 0 aliphatic heterocycles. The fourth-order valence-corrected chi connectivity index (χ4v) is 2.73. The van der Waals surface area contributed by atoms with E-state index in [9.17, 15) is 0 Å². The second-order valence-corrected chi connectivity index (χ2v) is 5.95. The van der Waals surface area contributed by atoms with E-state index in [1.807, 2.05) is 0 Å². The Kier molecular flexibility index (Phi) is 5.41. The molecule has 1 saturated carbocycles. The van der Waals surface area contributed by atoms with Gasteiger partial charge in [0.1, 0.15) is 0 Å². The number of rotatable bonds is 7. The Morgan fingerprint density at radius 3 is 2.47 bits per heavy atom. The van der Waals surface area contributed by atoms with Gasteiger partial charge in [-0.2, -0.15) is 0 Å². The van der Waals surface area contributed by atoms with Crippen molar-refractivity contribution in [3.05, 3.63) is 35.9 Å². The van der Waals surface area contributed by atoms with Crippen LogP contribution in [-0.4, -0.2) is 25.3 Å². The first-order chi connectivity index (χ1) is 9.20. The molecule has 0 spiro atoms. The number of benzene rings is 1. The zero-order chi connectivity index (χ0) is 13.7. The van der Waals surface area contributed by atoms with Crippen molar-refractivity contribution in [1.82, 2.24) is 5.32 Å². The molecule has 1 N–H and O–H groups in total. The Morgan fingerprint density at radius 2 is 1.89 bits per heavy atom. The minimum atomic E-state index is 0.488. The van der Waals surface area contributed by atoms with Gasteiger partial charge >= 0.3 is 0 Å². The van der Waals surface area contributed by atoms with Crippen molar-refractivity contribution in [1.29, 1.82) is 0 Å². The topological polar surface area (TPSA) is 21.3 Å². The SMILES string of the molecule is CCOCC(NC1CC(c2ccccc2)C1)C(C)C. The van der Waals surface area contributed by atoms with E-state index in [0.29, 0.717) is 18.0 Å². The van der Waals surface area contributed by atoms with E-state index < -0.39 is 0 Å². The van der Waals surface area contributed by atoms with Crippen molar-refractivity contribution in [2.75, 3.05) is 13.2 Å². The Labute approximate surface area is 117 Å². The van der Waals surface area contributed by atoms with Crippen molar-refractivity contribution >= 4 is 0 Å². The molecular formula is C17H27NO. The van der Waals surface area contributed by atoms with E-state index in [-0.39, 0.29) is 0 Å². The van der Waals surface area contributed by atoms with E-state index in [0.717, 1.165) is 19.1 Å². The third-order valence-corrected chi connectivity index (χ3v) is 4.17. The van der Waals surface area contributed by atoms with Gasteiger partial charge in [0.25, 0.3) is 0 Å². The predicted octanol–water partition coefficient (Wildman–Crippen LogP) is 3.58. The van der Waals surface area contributed by atoms with Gasteiger partial charge in [-0.05, 0) is 37.2 Å². The second-order valence-electron chi connectivity index (χ2n) is 5.95. The summed E-state index contributed by atoms with van der Waals surface area (Å²) in [6.45, 7) is 8.24. The maximum absolute atomic E-state index is 5.58. The third-order valence-electron chi connectivity index (χ3n) is 4.17. The molecule has 0 aromatic heterocycles. The summed E-state index contributed by atoms with van der Waals surface area (Å²) in [5, 5.41) is 3.76. The zero-order valence-corrected chi connectivity index (χ0v) is 12.4. The predicted molar refractivity (Wildman–Crippen MR) is 80.5 cm³/mol. The van der Waals surface area contributed by atoms with Crippen molar-refractivity contribution in [3.63, 3.8) is 0 Å². The van der Waals surface area contributed by atoms with Crippen LogP contribution in [0.15, 0.2) is 30.3 Å². The van der Waals surface area contributed by atoms with Gasteiger partial charge in [-0.1, -0.05) is 44.2 Å². The van der Waals surface area contributed by atoms with Crippen molar-refractivity contribution < 1.29 is 4.74 Å². The van der Waals surface area contributed by atoms with Gasteiger partial charge in [0, 0.05) is 18.7 Å². The highest BCUT2D eigenvalue weighted by Crippen LogP contribution is 2.37. The first-order valence-corrected chi connectivity index (χ1v) is 7.59. The molecule has 1 atom stereocenters. The van der Waals surface area contributed by atoms with E-state index in [1.165, 1.54) is 18.4 Å². The molecule has 0 radical (unpaired) electrons. The maximum atomic E-state index is 5.58. The molecule has 1 aromatic rings. The monoisotopic (exact) mass is 261 g/mol. The summed E-state index contributed by atoms with van der Waals surface area (Å²) in [7, 11) is 0. The summed E-state index contributed by atoms with van der Waals surface area (Å²) in [5.74, 6) is 1.38. The lowest BCUT2D eigenvalue weighted by Crippen LogP contribution is -2.49. The molecule has 1 aromatic carbocycles. The number of nitrogens with one attached hydrogen (secondary N) is 1. The fourth-order valence-electron chi connectivity index (χ4n) is 2.73. The summed E-state index contributed by atoms with van der Waals surface area (Å²) in [4.78, 5) is 0. The largest absolute Gasteiger partial charge is 0.380 e. The standard InChI is InChI=1S/C17H27NO/c1-4-19-12-17(13(2)3)18-16-10-15(11-16)14-8-6-5-7-9-14/h5-9,13,15-18H,4,10-12H2,1-3H3. The first kappa shape index (κ1) is 14.5. The average Bonchev–Trinajstić information content (AvgIpc) is 2.37. The Hall–Kier alpha value is -0.860. The molecule has 19 heavy (non-hydrogen) atoms. The highest BCUT2D eigenvalue weighted by atomic mass is 16.5. The van der Waals surface area contributed by atoms with E-state index in [1.54, 1.807) is 0 Å². The van der Waals surface area contributed by atoms with Gasteiger partial charge in [0.2, 0.25) is 0 Å². The molecule has 0 saturated heterocycles. The van der Waals surface area contributed by atoms with Gasteiger partial charge in [-0.3, -0.25) is 0 Å². The molecule has 0 amide bonds. The van der Waals surface area contributed by atoms with Gasteiger partial charge < -0.3 is 10.1 Å². The lowest BCUT2D eigenvalue weighted by Gasteiger charge is -2.39. The molecule has 1 unspecified atom stereocenters. The van der Waals surface area contributed by atoms with Crippen LogP contribution in [0.3, 0.4) is 0 Å². The molecule has 2 rings (SSSR count). The third kappa shape index (κ3) is 4.05. The summed E-state index contributed by atoms with van der Waals surface area (Å²) in [6, 6.07) is 12.0. The van der Waals surface area contributed by atoms with Gasteiger partial charge in [-0.25, -0.2) is 0 Å². The van der Waals surface area contributed by atoms with E-state index in [4.69, 9.17) is 4.74 Å². The van der Waals surface area contributed by atoms with Crippen LogP contribution >= 0.6 is 0 Å². The molecular weight excluding hydrogens is 234 g/mol. The Bertz CT molecular complexity index is 357. The number of hydrogen-bond donors (Lipinski definition) is 1. The second kappa shape index (κ2) is 7.06. The highest BCUT2D eigenvalue weighted by Gasteiger charge is 2.32. The van der Waals surface area contributed by atoms with Crippen LogP contribution in [-0.2, 0) is 4.74 Å². The summed E-state index contributed by atoms with van der Waals surface area (Å²) >= 11 is 0. The first-order valence-electron chi connectivity index (χ1n) is 7.59. The van der Waals surface area contributed by atoms with E-state index >= 15 is 0 Å². The van der Waals surface area contributed by atoms with Crippen LogP contribution in [0.2, 0.25) is 0 Å². The van der Waals surface area contributed by atoms with Crippen LogP contribution in [0.1, 0.15) is 45.1 Å². The molecule has 106 valence electrons. The highest BCUT2D eigenvalue weighted by molar-refractivity contribution is 5.22. The van der Waals surface area contributed by atoms with Gasteiger partial charge in [0.05, 0.1) is 6.61 Å². The fraction of sp³-hybridized carbons (Fsp3) is 0.647. The lowest BCUT2D eigenvalue weighted by atomic mass is 9.75. The zero-order valence-electron chi connectivity index (χ0n) is 12.4. The average molecular weight is 261 g/mol. The molecule has 0 heterocycles. The van der Waals surface area contributed by atoms with Crippen molar-refractivity contribution in [2.24, 2.45) is 5.92 Å². The summed E-state index contributed by atoms with van der Waals surface area (Å²) in [5.41, 5.74) is 1.49. The molecule has 1 aliphatic rings. The lowest BCUT2D eigenvalue weighted by molar-refractivity contribution is 0.0943. The van der Waals surface area contributed by atoms with Crippen LogP contribution in [0, 0.1) is 5.92 Å². The molecule has 2 heteroatoms. The minimum absolute atomic E-state index is 0.488.